The van der Waals surface area contributed by atoms with Crippen LogP contribution in [0.1, 0.15) is 30.5 Å². The molecular formula is C29H31ClN6O4. The molecule has 0 spiro atoms. The number of hydrogen-bond donors (Lipinski definition) is 3. The highest BCUT2D eigenvalue weighted by atomic mass is 35.5. The second-order valence-corrected chi connectivity index (χ2v) is 10.5. The Hall–Kier alpha value is -4.41. The molecule has 1 aliphatic rings. The summed E-state index contributed by atoms with van der Waals surface area (Å²) < 4.78 is 0. The standard InChI is InChI=1S/C29H31ClN6O4/c1-19-5-13-23(14-6-19)32-27(38)36(40)26-29(3,4)34(28(39)35(26)24-15-7-20(2)8-16-24)18-25(37)33-31-17-21-9-11-22(30)12-10-21/h5-17,26,40H,18H2,1-4H3,(H,32,38)(H,33,37)/b31-17-. The lowest BCUT2D eigenvalue weighted by Crippen LogP contribution is -2.58. The average Bonchev–Trinajstić information content (AvgIpc) is 3.11. The quantitative estimate of drug-likeness (QED) is 0.204. The van der Waals surface area contributed by atoms with Crippen LogP contribution in [-0.2, 0) is 4.79 Å². The van der Waals surface area contributed by atoms with Crippen molar-refractivity contribution in [3.63, 3.8) is 0 Å². The largest absolute Gasteiger partial charge is 0.347 e. The van der Waals surface area contributed by atoms with Gasteiger partial charge in [0.1, 0.15) is 6.54 Å². The van der Waals surface area contributed by atoms with Gasteiger partial charge in [-0.2, -0.15) is 10.2 Å². The molecule has 0 aromatic heterocycles. The normalized spacial score (nSPS) is 16.4. The Labute approximate surface area is 237 Å². The van der Waals surface area contributed by atoms with Crippen molar-refractivity contribution in [3.8, 4) is 0 Å². The minimum absolute atomic E-state index is 0.365. The van der Waals surface area contributed by atoms with Crippen LogP contribution in [0.3, 0.4) is 0 Å². The molecule has 1 aliphatic heterocycles. The molecule has 3 aromatic rings. The summed E-state index contributed by atoms with van der Waals surface area (Å²) in [6, 6.07) is 19.7. The van der Waals surface area contributed by atoms with Crippen LogP contribution >= 0.6 is 11.6 Å². The number of hydrogen-bond acceptors (Lipinski definition) is 5. The third kappa shape index (κ3) is 6.24. The van der Waals surface area contributed by atoms with Gasteiger partial charge in [0, 0.05) is 16.4 Å². The number of carbonyl (C=O) groups excluding carboxylic acids is 3. The summed E-state index contributed by atoms with van der Waals surface area (Å²) in [5.41, 5.74) is 4.88. The van der Waals surface area contributed by atoms with E-state index in [2.05, 4.69) is 15.8 Å². The van der Waals surface area contributed by atoms with Crippen LogP contribution in [0.4, 0.5) is 21.0 Å². The molecule has 208 valence electrons. The van der Waals surface area contributed by atoms with Crippen LogP contribution < -0.4 is 15.6 Å². The number of hydrazone groups is 1. The highest BCUT2D eigenvalue weighted by Gasteiger charge is 2.56. The fraction of sp³-hybridized carbons (Fsp3) is 0.241. The van der Waals surface area contributed by atoms with Crippen LogP contribution in [0.2, 0.25) is 5.02 Å². The van der Waals surface area contributed by atoms with Crippen molar-refractivity contribution in [3.05, 3.63) is 94.5 Å². The van der Waals surface area contributed by atoms with Crippen molar-refractivity contribution in [2.45, 2.75) is 39.4 Å². The number of halogens is 1. The lowest BCUT2D eigenvalue weighted by molar-refractivity contribution is -0.124. The summed E-state index contributed by atoms with van der Waals surface area (Å²) in [7, 11) is 0. The van der Waals surface area contributed by atoms with E-state index in [9.17, 15) is 19.6 Å². The van der Waals surface area contributed by atoms with Gasteiger partial charge in [-0.25, -0.2) is 15.0 Å². The number of benzene rings is 3. The Morgan fingerprint density at radius 1 is 1.00 bits per heavy atom. The first-order valence-corrected chi connectivity index (χ1v) is 13.0. The van der Waals surface area contributed by atoms with Gasteiger partial charge in [-0.1, -0.05) is 59.1 Å². The number of nitrogens with zero attached hydrogens (tertiary/aromatic N) is 4. The molecule has 1 unspecified atom stereocenters. The lowest BCUT2D eigenvalue weighted by atomic mass is 9.99. The molecule has 1 saturated heterocycles. The lowest BCUT2D eigenvalue weighted by Gasteiger charge is -2.38. The van der Waals surface area contributed by atoms with Crippen LogP contribution in [-0.4, -0.2) is 57.6 Å². The van der Waals surface area contributed by atoms with E-state index in [4.69, 9.17) is 11.6 Å². The number of carbonyl (C=O) groups is 3. The first-order valence-electron chi connectivity index (χ1n) is 12.6. The summed E-state index contributed by atoms with van der Waals surface area (Å²) in [4.78, 5) is 42.3. The summed E-state index contributed by atoms with van der Waals surface area (Å²) >= 11 is 5.89. The first-order chi connectivity index (χ1) is 19.0. The van der Waals surface area contributed by atoms with Crippen LogP contribution in [0.15, 0.2) is 77.9 Å². The summed E-state index contributed by atoms with van der Waals surface area (Å²) in [6.45, 7) is 6.82. The second-order valence-electron chi connectivity index (χ2n) is 10.1. The van der Waals surface area contributed by atoms with E-state index >= 15 is 0 Å². The van der Waals surface area contributed by atoms with Crippen LogP contribution in [0, 0.1) is 13.8 Å². The maximum atomic E-state index is 13.8. The molecule has 5 amide bonds. The van der Waals surface area contributed by atoms with Gasteiger partial charge >= 0.3 is 12.1 Å². The predicted molar refractivity (Wildman–Crippen MR) is 155 cm³/mol. The number of hydroxylamine groups is 2. The van der Waals surface area contributed by atoms with Crippen LogP contribution in [0.5, 0.6) is 0 Å². The summed E-state index contributed by atoms with van der Waals surface area (Å²) in [6.07, 6.45) is 0.288. The van der Waals surface area contributed by atoms with E-state index in [0.29, 0.717) is 21.5 Å². The highest BCUT2D eigenvalue weighted by molar-refractivity contribution is 6.30. The highest BCUT2D eigenvalue weighted by Crippen LogP contribution is 2.38. The minimum atomic E-state index is -1.20. The third-order valence-corrected chi connectivity index (χ3v) is 6.89. The van der Waals surface area contributed by atoms with E-state index < -0.39 is 29.7 Å². The Bertz CT molecular complexity index is 1410. The van der Waals surface area contributed by atoms with E-state index in [1.54, 1.807) is 62.4 Å². The number of urea groups is 2. The average molecular weight is 563 g/mol. The van der Waals surface area contributed by atoms with Gasteiger partial charge in [-0.3, -0.25) is 14.9 Å². The van der Waals surface area contributed by atoms with Gasteiger partial charge in [0.2, 0.25) is 0 Å². The van der Waals surface area contributed by atoms with E-state index in [0.717, 1.165) is 16.7 Å². The molecule has 4 rings (SSSR count). The fourth-order valence-corrected chi connectivity index (χ4v) is 4.53. The zero-order valence-corrected chi connectivity index (χ0v) is 23.4. The Morgan fingerprint density at radius 2 is 1.57 bits per heavy atom. The monoisotopic (exact) mass is 562 g/mol. The van der Waals surface area contributed by atoms with Gasteiger partial charge in [0.05, 0.1) is 11.8 Å². The topological polar surface area (TPSA) is 118 Å². The van der Waals surface area contributed by atoms with Crippen molar-refractivity contribution in [2.75, 3.05) is 16.8 Å². The molecule has 1 heterocycles. The fourth-order valence-electron chi connectivity index (χ4n) is 4.41. The van der Waals surface area contributed by atoms with Gasteiger partial charge in [0.25, 0.3) is 5.91 Å². The van der Waals surface area contributed by atoms with E-state index in [1.807, 2.05) is 38.1 Å². The van der Waals surface area contributed by atoms with Crippen molar-refractivity contribution in [2.24, 2.45) is 5.10 Å². The number of amides is 5. The van der Waals surface area contributed by atoms with E-state index in [-0.39, 0.29) is 6.54 Å². The number of aryl methyl sites for hydroxylation is 2. The summed E-state index contributed by atoms with van der Waals surface area (Å²) in [5.74, 6) is -0.551. The molecule has 0 radical (unpaired) electrons. The van der Waals surface area contributed by atoms with Gasteiger partial charge in [0.15, 0.2) is 6.17 Å². The molecule has 1 fully saturated rings. The molecule has 0 bridgehead atoms. The molecule has 1 atom stereocenters. The maximum Gasteiger partial charge on any atom is 0.347 e. The minimum Gasteiger partial charge on any atom is -0.306 e. The molecule has 40 heavy (non-hydrogen) atoms. The predicted octanol–water partition coefficient (Wildman–Crippen LogP) is 5.38. The Kier molecular flexibility index (Phi) is 8.41. The Morgan fingerprint density at radius 3 is 2.17 bits per heavy atom. The summed E-state index contributed by atoms with van der Waals surface area (Å²) in [5, 5.41) is 18.9. The van der Waals surface area contributed by atoms with E-state index in [1.165, 1.54) is 16.0 Å². The van der Waals surface area contributed by atoms with Gasteiger partial charge in [-0.05, 0) is 69.7 Å². The number of nitrogens with one attached hydrogen (secondary N) is 2. The molecular weight excluding hydrogens is 532 g/mol. The maximum absolute atomic E-state index is 13.8. The smallest absolute Gasteiger partial charge is 0.306 e. The molecule has 3 aromatic carbocycles. The van der Waals surface area contributed by atoms with Crippen molar-refractivity contribution < 1.29 is 19.6 Å². The SMILES string of the molecule is Cc1ccc(NC(=O)N(O)C2N(c3ccc(C)cc3)C(=O)N(CC(=O)N/N=C\c3ccc(Cl)cc3)C2(C)C)cc1. The van der Waals surface area contributed by atoms with Crippen molar-refractivity contribution in [1.29, 1.82) is 0 Å². The Balaban J connectivity index is 1.57. The molecule has 0 saturated carbocycles. The number of rotatable bonds is 7. The van der Waals surface area contributed by atoms with Gasteiger partial charge < -0.3 is 10.2 Å². The first kappa shape index (κ1) is 28.6. The second kappa shape index (κ2) is 11.8. The molecule has 3 N–H and O–H groups in total. The zero-order valence-electron chi connectivity index (χ0n) is 22.6. The van der Waals surface area contributed by atoms with Crippen molar-refractivity contribution >= 4 is 47.2 Å². The van der Waals surface area contributed by atoms with Gasteiger partial charge in [-0.15, -0.1) is 0 Å². The van der Waals surface area contributed by atoms with Crippen molar-refractivity contribution in [1.82, 2.24) is 15.4 Å². The molecule has 0 aliphatic carbocycles. The third-order valence-electron chi connectivity index (χ3n) is 6.64. The number of anilines is 2. The molecule has 11 heteroatoms. The molecule has 10 nitrogen and oxygen atoms in total. The zero-order chi connectivity index (χ0) is 29.0. The van der Waals surface area contributed by atoms with Crippen LogP contribution in [0.25, 0.3) is 0 Å².